The molecule has 13 heavy (non-hydrogen) atoms. The standard InChI is InChI=1S/C6H5F2NO3S/c7-6(8,5(11)12)3(10)4-9-1-2-13-4/h1-3,10H,(H,11,12). The number of halogens is 2. The fourth-order valence-electron chi connectivity index (χ4n) is 0.642. The molecule has 0 spiro atoms. The van der Waals surface area contributed by atoms with Crippen LogP contribution in [0.4, 0.5) is 8.78 Å². The van der Waals surface area contributed by atoms with E-state index >= 15 is 0 Å². The van der Waals surface area contributed by atoms with Crippen LogP contribution in [0.5, 0.6) is 0 Å². The largest absolute Gasteiger partial charge is 0.477 e. The number of carboxylic acid groups (broad SMARTS) is 1. The molecule has 0 aromatic carbocycles. The molecule has 0 aliphatic carbocycles. The molecule has 0 saturated carbocycles. The van der Waals surface area contributed by atoms with Gasteiger partial charge in [-0.2, -0.15) is 8.78 Å². The molecule has 0 aliphatic rings. The molecule has 1 aromatic rings. The fraction of sp³-hybridized carbons (Fsp3) is 0.333. The van der Waals surface area contributed by atoms with E-state index in [9.17, 15) is 13.6 Å². The third-order valence-corrected chi connectivity index (χ3v) is 2.14. The van der Waals surface area contributed by atoms with Crippen molar-refractivity contribution < 1.29 is 23.8 Å². The number of carbonyl (C=O) groups is 1. The first-order valence-electron chi connectivity index (χ1n) is 3.15. The minimum absolute atomic E-state index is 0.313. The van der Waals surface area contributed by atoms with Gasteiger partial charge in [-0.05, 0) is 0 Å². The second kappa shape index (κ2) is 3.35. The van der Waals surface area contributed by atoms with Crippen LogP contribution in [0.2, 0.25) is 0 Å². The highest BCUT2D eigenvalue weighted by atomic mass is 32.1. The first-order chi connectivity index (χ1) is 5.96. The van der Waals surface area contributed by atoms with Gasteiger partial charge < -0.3 is 10.2 Å². The van der Waals surface area contributed by atoms with E-state index in [1.807, 2.05) is 0 Å². The van der Waals surface area contributed by atoms with Crippen LogP contribution in [0.15, 0.2) is 11.6 Å². The van der Waals surface area contributed by atoms with Crippen LogP contribution in [0.1, 0.15) is 11.1 Å². The van der Waals surface area contributed by atoms with Crippen LogP contribution >= 0.6 is 11.3 Å². The van der Waals surface area contributed by atoms with E-state index in [0.29, 0.717) is 0 Å². The van der Waals surface area contributed by atoms with Crippen molar-refractivity contribution in [2.75, 3.05) is 0 Å². The zero-order valence-corrected chi connectivity index (χ0v) is 6.96. The first-order valence-corrected chi connectivity index (χ1v) is 4.03. The van der Waals surface area contributed by atoms with Crippen LogP contribution in [-0.4, -0.2) is 27.1 Å². The van der Waals surface area contributed by atoms with Crippen LogP contribution in [0.25, 0.3) is 0 Å². The van der Waals surface area contributed by atoms with E-state index in [1.54, 1.807) is 0 Å². The van der Waals surface area contributed by atoms with Crippen molar-refractivity contribution in [2.45, 2.75) is 12.0 Å². The number of aliphatic hydroxyl groups is 1. The van der Waals surface area contributed by atoms with Crippen molar-refractivity contribution in [1.82, 2.24) is 4.98 Å². The molecule has 0 radical (unpaired) electrons. The number of hydrogen-bond acceptors (Lipinski definition) is 4. The molecule has 7 heteroatoms. The molecular weight excluding hydrogens is 204 g/mol. The third-order valence-electron chi connectivity index (χ3n) is 1.31. The summed E-state index contributed by atoms with van der Waals surface area (Å²) < 4.78 is 25.2. The van der Waals surface area contributed by atoms with E-state index in [1.165, 1.54) is 11.6 Å². The number of hydrogen-bond donors (Lipinski definition) is 2. The smallest absolute Gasteiger partial charge is 0.377 e. The Balaban J connectivity index is 2.90. The number of aliphatic hydroxyl groups excluding tert-OH is 1. The molecule has 1 heterocycles. The molecular formula is C6H5F2NO3S. The number of rotatable bonds is 3. The van der Waals surface area contributed by atoms with Crippen LogP contribution in [0.3, 0.4) is 0 Å². The molecule has 1 atom stereocenters. The Labute approximate surface area is 75.5 Å². The number of alkyl halides is 2. The predicted octanol–water partition coefficient (Wildman–Crippen LogP) is 0.896. The molecule has 1 aromatic heterocycles. The molecule has 0 fully saturated rings. The van der Waals surface area contributed by atoms with E-state index in [4.69, 9.17) is 10.2 Å². The lowest BCUT2D eigenvalue weighted by Crippen LogP contribution is -2.35. The fourth-order valence-corrected chi connectivity index (χ4v) is 1.30. The van der Waals surface area contributed by atoms with Crippen molar-refractivity contribution >= 4 is 17.3 Å². The lowest BCUT2D eigenvalue weighted by Gasteiger charge is -2.15. The van der Waals surface area contributed by atoms with Gasteiger partial charge in [0.25, 0.3) is 0 Å². The lowest BCUT2D eigenvalue weighted by molar-refractivity contribution is -0.182. The predicted molar refractivity (Wildman–Crippen MR) is 39.7 cm³/mol. The van der Waals surface area contributed by atoms with Gasteiger partial charge in [0.1, 0.15) is 5.01 Å². The number of aromatic nitrogens is 1. The van der Waals surface area contributed by atoms with Crippen LogP contribution in [0, 0.1) is 0 Å². The van der Waals surface area contributed by atoms with Crippen LogP contribution in [-0.2, 0) is 4.79 Å². The summed E-state index contributed by atoms with van der Waals surface area (Å²) in [6, 6.07) is 0. The molecule has 72 valence electrons. The van der Waals surface area contributed by atoms with Gasteiger partial charge >= 0.3 is 11.9 Å². The summed E-state index contributed by atoms with van der Waals surface area (Å²) >= 11 is 0.771. The Morgan fingerprint density at radius 3 is 2.69 bits per heavy atom. The van der Waals surface area contributed by atoms with Gasteiger partial charge in [-0.15, -0.1) is 11.3 Å². The van der Waals surface area contributed by atoms with E-state index in [-0.39, 0.29) is 5.01 Å². The number of carboxylic acids is 1. The Hall–Kier alpha value is -1.08. The van der Waals surface area contributed by atoms with Crippen molar-refractivity contribution in [3.05, 3.63) is 16.6 Å². The van der Waals surface area contributed by atoms with E-state index in [2.05, 4.69) is 4.98 Å². The van der Waals surface area contributed by atoms with Gasteiger partial charge in [-0.3, -0.25) is 0 Å². The average Bonchev–Trinajstić information content (AvgIpc) is 2.54. The van der Waals surface area contributed by atoms with Gasteiger partial charge in [0.2, 0.25) is 0 Å². The second-order valence-corrected chi connectivity index (χ2v) is 3.13. The van der Waals surface area contributed by atoms with E-state index < -0.39 is 18.0 Å². The van der Waals surface area contributed by atoms with Crippen molar-refractivity contribution in [3.8, 4) is 0 Å². The highest BCUT2D eigenvalue weighted by Crippen LogP contribution is 2.32. The monoisotopic (exact) mass is 209 g/mol. The Kier molecular flexibility index (Phi) is 2.58. The van der Waals surface area contributed by atoms with Crippen molar-refractivity contribution in [2.24, 2.45) is 0 Å². The summed E-state index contributed by atoms with van der Waals surface area (Å²) in [5, 5.41) is 18.1. The quantitative estimate of drug-likeness (QED) is 0.775. The van der Waals surface area contributed by atoms with Crippen LogP contribution < -0.4 is 0 Å². The van der Waals surface area contributed by atoms with Gasteiger partial charge in [0, 0.05) is 11.6 Å². The molecule has 1 rings (SSSR count). The van der Waals surface area contributed by atoms with E-state index in [0.717, 1.165) is 11.3 Å². The summed E-state index contributed by atoms with van der Waals surface area (Å²) in [5.41, 5.74) is 0. The number of thiazole rings is 1. The minimum atomic E-state index is -4.20. The van der Waals surface area contributed by atoms with Gasteiger partial charge in [0.05, 0.1) is 0 Å². The minimum Gasteiger partial charge on any atom is -0.477 e. The van der Waals surface area contributed by atoms with Crippen molar-refractivity contribution in [3.63, 3.8) is 0 Å². The normalized spacial score (nSPS) is 14.1. The van der Waals surface area contributed by atoms with Gasteiger partial charge in [-0.1, -0.05) is 0 Å². The summed E-state index contributed by atoms with van der Waals surface area (Å²) in [6.07, 6.45) is -1.17. The zero-order chi connectivity index (χ0) is 10.1. The molecule has 0 bridgehead atoms. The highest BCUT2D eigenvalue weighted by Gasteiger charge is 2.48. The average molecular weight is 209 g/mol. The third kappa shape index (κ3) is 1.81. The Morgan fingerprint density at radius 1 is 1.69 bits per heavy atom. The van der Waals surface area contributed by atoms with Crippen molar-refractivity contribution in [1.29, 1.82) is 0 Å². The zero-order valence-electron chi connectivity index (χ0n) is 6.15. The topological polar surface area (TPSA) is 70.4 Å². The summed E-state index contributed by atoms with van der Waals surface area (Å²) in [5.74, 6) is -6.56. The summed E-state index contributed by atoms with van der Waals surface area (Å²) in [7, 11) is 0. The summed E-state index contributed by atoms with van der Waals surface area (Å²) in [4.78, 5) is 13.4. The summed E-state index contributed by atoms with van der Waals surface area (Å²) in [6.45, 7) is 0. The maximum absolute atomic E-state index is 12.6. The first kappa shape index (κ1) is 10.0. The maximum atomic E-state index is 12.6. The second-order valence-electron chi connectivity index (χ2n) is 2.20. The highest BCUT2D eigenvalue weighted by molar-refractivity contribution is 7.09. The molecule has 4 nitrogen and oxygen atoms in total. The number of aliphatic carboxylic acids is 1. The number of nitrogens with zero attached hydrogens (tertiary/aromatic N) is 1. The molecule has 1 unspecified atom stereocenters. The maximum Gasteiger partial charge on any atom is 0.377 e. The lowest BCUT2D eigenvalue weighted by atomic mass is 10.2. The molecule has 2 N–H and O–H groups in total. The Bertz CT molecular complexity index is 301. The van der Waals surface area contributed by atoms with Gasteiger partial charge in [0.15, 0.2) is 6.10 Å². The Morgan fingerprint density at radius 2 is 2.31 bits per heavy atom. The molecule has 0 aliphatic heterocycles. The molecule has 0 amide bonds. The van der Waals surface area contributed by atoms with Gasteiger partial charge in [-0.25, -0.2) is 9.78 Å². The SMILES string of the molecule is O=C(O)C(F)(F)C(O)c1nccs1. The molecule has 0 saturated heterocycles.